The van der Waals surface area contributed by atoms with Crippen molar-refractivity contribution in [3.05, 3.63) is 94.2 Å². The van der Waals surface area contributed by atoms with Crippen LogP contribution in [0.15, 0.2) is 78.2 Å². The zero-order valence-electron chi connectivity index (χ0n) is 15.0. The Hall–Kier alpha value is -2.43. The molecule has 3 rings (SSSR count). The molecule has 3 N–H and O–H groups in total. The molecule has 134 valence electrons. The zero-order chi connectivity index (χ0) is 18.2. The van der Waals surface area contributed by atoms with Gasteiger partial charge in [0.05, 0.1) is 4.88 Å². The first kappa shape index (κ1) is 18.4. The number of hydrogen-bond acceptors (Lipinski definition) is 2. The quantitative estimate of drug-likeness (QED) is 0.632. The van der Waals surface area contributed by atoms with Crippen molar-refractivity contribution in [1.29, 1.82) is 0 Å². The fourth-order valence-electron chi connectivity index (χ4n) is 3.01. The van der Waals surface area contributed by atoms with Crippen LogP contribution in [0.2, 0.25) is 0 Å². The molecular formula is C22H25N2OS+. The largest absolute Gasteiger partial charge is 0.351 e. The average Bonchev–Trinajstić information content (AvgIpc) is 3.22. The van der Waals surface area contributed by atoms with Gasteiger partial charge in [-0.3, -0.25) is 4.79 Å². The molecule has 0 bridgehead atoms. The van der Waals surface area contributed by atoms with E-state index < -0.39 is 0 Å². The van der Waals surface area contributed by atoms with Crippen molar-refractivity contribution in [2.45, 2.75) is 18.9 Å². The number of rotatable bonds is 8. The van der Waals surface area contributed by atoms with Crippen molar-refractivity contribution in [2.75, 3.05) is 13.1 Å². The van der Waals surface area contributed by atoms with Crippen molar-refractivity contribution in [1.82, 2.24) is 5.32 Å². The maximum atomic E-state index is 12.3. The van der Waals surface area contributed by atoms with E-state index in [9.17, 15) is 4.79 Å². The van der Waals surface area contributed by atoms with Crippen LogP contribution in [0.5, 0.6) is 0 Å². The van der Waals surface area contributed by atoms with Crippen LogP contribution in [0.3, 0.4) is 0 Å². The fourth-order valence-corrected chi connectivity index (χ4v) is 3.86. The summed E-state index contributed by atoms with van der Waals surface area (Å²) >= 11 is 1.73. The highest BCUT2D eigenvalue weighted by Crippen LogP contribution is 2.22. The first-order valence-electron chi connectivity index (χ1n) is 8.97. The Bertz CT molecular complexity index is 788. The Morgan fingerprint density at radius 3 is 2.23 bits per heavy atom. The van der Waals surface area contributed by atoms with E-state index in [4.69, 9.17) is 0 Å². The van der Waals surface area contributed by atoms with Crippen molar-refractivity contribution in [2.24, 2.45) is 0 Å². The summed E-state index contributed by atoms with van der Waals surface area (Å²) in [5.41, 5.74) is 2.47. The highest BCUT2D eigenvalue weighted by Gasteiger charge is 2.19. The third-order valence-electron chi connectivity index (χ3n) is 4.52. The normalized spacial score (nSPS) is 13.1. The number of carbonyl (C=O) groups excluding carboxylic acids is 1. The summed E-state index contributed by atoms with van der Waals surface area (Å²) in [4.78, 5) is 13.6. The molecule has 0 spiro atoms. The topological polar surface area (TPSA) is 45.7 Å². The molecule has 1 aromatic heterocycles. The molecule has 2 atom stereocenters. The molecule has 0 aliphatic heterocycles. The van der Waals surface area contributed by atoms with Gasteiger partial charge in [-0.15, -0.1) is 11.3 Å². The number of hydrogen-bond donors (Lipinski definition) is 2. The molecule has 1 heterocycles. The number of amides is 1. The minimum Gasteiger partial charge on any atom is -0.351 e. The van der Waals surface area contributed by atoms with E-state index in [1.54, 1.807) is 11.3 Å². The summed E-state index contributed by atoms with van der Waals surface area (Å²) in [6, 6.07) is 25.0. The van der Waals surface area contributed by atoms with E-state index >= 15 is 0 Å². The van der Waals surface area contributed by atoms with Crippen LogP contribution in [-0.4, -0.2) is 19.0 Å². The molecule has 3 nitrogen and oxygen atoms in total. The lowest BCUT2D eigenvalue weighted by molar-refractivity contribution is -0.676. The molecule has 3 aromatic rings. The van der Waals surface area contributed by atoms with Crippen molar-refractivity contribution < 1.29 is 10.1 Å². The molecule has 4 heteroatoms. The van der Waals surface area contributed by atoms with Gasteiger partial charge < -0.3 is 10.6 Å². The molecule has 26 heavy (non-hydrogen) atoms. The summed E-state index contributed by atoms with van der Waals surface area (Å²) in [5, 5.41) is 7.27. The second-order valence-electron chi connectivity index (χ2n) is 6.46. The Kier molecular flexibility index (Phi) is 6.58. The summed E-state index contributed by atoms with van der Waals surface area (Å²) in [7, 11) is 0. The highest BCUT2D eigenvalue weighted by atomic mass is 32.1. The predicted octanol–water partition coefficient (Wildman–Crippen LogP) is 3.32. The third kappa shape index (κ3) is 5.04. The van der Waals surface area contributed by atoms with E-state index in [1.807, 2.05) is 36.4 Å². The van der Waals surface area contributed by atoms with Gasteiger partial charge in [0.15, 0.2) is 6.54 Å². The van der Waals surface area contributed by atoms with Crippen LogP contribution >= 0.6 is 11.3 Å². The van der Waals surface area contributed by atoms with Crippen LogP contribution in [-0.2, 0) is 4.79 Å². The highest BCUT2D eigenvalue weighted by molar-refractivity contribution is 7.10. The second kappa shape index (κ2) is 9.32. The van der Waals surface area contributed by atoms with Gasteiger partial charge in [0, 0.05) is 12.1 Å². The van der Waals surface area contributed by atoms with Gasteiger partial charge in [0.1, 0.15) is 6.04 Å². The SMILES string of the molecule is C[C@H](CNC(=O)C[NH2+][C@H](c1ccccc1)c1cccs1)c1ccccc1. The van der Waals surface area contributed by atoms with E-state index in [1.165, 1.54) is 16.0 Å². The van der Waals surface area contributed by atoms with Crippen molar-refractivity contribution in [3.63, 3.8) is 0 Å². The molecule has 0 unspecified atom stereocenters. The minimum absolute atomic E-state index is 0.0743. The molecule has 0 saturated carbocycles. The van der Waals surface area contributed by atoms with E-state index in [0.29, 0.717) is 19.0 Å². The fraction of sp³-hybridized carbons (Fsp3) is 0.227. The van der Waals surface area contributed by atoms with Crippen LogP contribution in [0.1, 0.15) is 34.9 Å². The van der Waals surface area contributed by atoms with Gasteiger partial charge in [-0.1, -0.05) is 73.7 Å². The molecule has 2 aromatic carbocycles. The molecule has 0 aliphatic carbocycles. The van der Waals surface area contributed by atoms with Gasteiger partial charge in [0.2, 0.25) is 0 Å². The van der Waals surface area contributed by atoms with Crippen molar-refractivity contribution >= 4 is 17.2 Å². The van der Waals surface area contributed by atoms with Gasteiger partial charge in [0.25, 0.3) is 5.91 Å². The average molecular weight is 366 g/mol. The lowest BCUT2D eigenvalue weighted by Crippen LogP contribution is -2.87. The Labute approximate surface area is 159 Å². The number of nitrogens with two attached hydrogens (primary N) is 1. The van der Waals surface area contributed by atoms with Crippen LogP contribution in [0.4, 0.5) is 0 Å². The van der Waals surface area contributed by atoms with Crippen LogP contribution in [0, 0.1) is 0 Å². The molecule has 0 saturated heterocycles. The smallest absolute Gasteiger partial charge is 0.275 e. The third-order valence-corrected chi connectivity index (χ3v) is 5.48. The first-order valence-corrected chi connectivity index (χ1v) is 9.85. The van der Waals surface area contributed by atoms with Crippen LogP contribution < -0.4 is 10.6 Å². The summed E-state index contributed by atoms with van der Waals surface area (Å²) in [6.45, 7) is 3.21. The zero-order valence-corrected chi connectivity index (χ0v) is 15.8. The number of thiophene rings is 1. The number of nitrogens with one attached hydrogen (secondary N) is 1. The van der Waals surface area contributed by atoms with Crippen molar-refractivity contribution in [3.8, 4) is 0 Å². The monoisotopic (exact) mass is 365 g/mol. The first-order chi connectivity index (χ1) is 12.7. The molecule has 0 fully saturated rings. The molecular weight excluding hydrogens is 340 g/mol. The second-order valence-corrected chi connectivity index (χ2v) is 7.44. The molecule has 1 amide bonds. The Morgan fingerprint density at radius 1 is 0.962 bits per heavy atom. The van der Waals surface area contributed by atoms with Gasteiger partial charge in [-0.25, -0.2) is 0 Å². The van der Waals surface area contributed by atoms with E-state index in [-0.39, 0.29) is 11.9 Å². The Morgan fingerprint density at radius 2 is 1.62 bits per heavy atom. The lowest BCUT2D eigenvalue weighted by atomic mass is 10.0. The van der Waals surface area contributed by atoms with Gasteiger partial charge in [-0.2, -0.15) is 0 Å². The van der Waals surface area contributed by atoms with Crippen LogP contribution in [0.25, 0.3) is 0 Å². The summed E-state index contributed by atoms with van der Waals surface area (Å²) in [6.07, 6.45) is 0. The maximum absolute atomic E-state index is 12.3. The van der Waals surface area contributed by atoms with Gasteiger partial charge >= 0.3 is 0 Å². The number of benzene rings is 2. The number of quaternary nitrogens is 1. The lowest BCUT2D eigenvalue weighted by Gasteiger charge is -2.16. The molecule has 0 radical (unpaired) electrons. The summed E-state index contributed by atoms with van der Waals surface area (Å²) in [5.74, 6) is 0.382. The maximum Gasteiger partial charge on any atom is 0.275 e. The molecule has 0 aliphatic rings. The minimum atomic E-state index is 0.0743. The Balaban J connectivity index is 1.55. The standard InChI is InChI=1S/C22H24N2OS/c1-17(18-9-4-2-5-10-18)15-23-21(25)16-24-22(20-13-8-14-26-20)19-11-6-3-7-12-19/h2-14,17,22,24H,15-16H2,1H3,(H,23,25)/p+1/t17-,22-/m1/s1. The summed E-state index contributed by atoms with van der Waals surface area (Å²) < 4.78 is 0. The number of carbonyl (C=O) groups is 1. The van der Waals surface area contributed by atoms with E-state index in [2.05, 4.69) is 59.3 Å². The van der Waals surface area contributed by atoms with Gasteiger partial charge in [-0.05, 0) is 22.9 Å². The predicted molar refractivity (Wildman–Crippen MR) is 107 cm³/mol. The van der Waals surface area contributed by atoms with E-state index in [0.717, 1.165) is 0 Å².